The van der Waals surface area contributed by atoms with Crippen molar-refractivity contribution >= 4 is 33.8 Å². The molecule has 2 atom stereocenters. The summed E-state index contributed by atoms with van der Waals surface area (Å²) in [5, 5.41) is 18.9. The van der Waals surface area contributed by atoms with Crippen LogP contribution in [0.1, 0.15) is 23.0 Å². The zero-order valence-corrected chi connectivity index (χ0v) is 20.3. The summed E-state index contributed by atoms with van der Waals surface area (Å²) >= 11 is 7.36. The van der Waals surface area contributed by atoms with E-state index >= 15 is 0 Å². The fraction of sp³-hybridized carbons (Fsp3) is 0.167. The molecule has 184 valence electrons. The minimum atomic E-state index is -1.97. The highest BCUT2D eigenvalue weighted by atomic mass is 35.5. The van der Waals surface area contributed by atoms with E-state index in [0.717, 1.165) is 22.6 Å². The van der Waals surface area contributed by atoms with Gasteiger partial charge in [0.25, 0.3) is 5.91 Å². The molecule has 2 N–H and O–H groups in total. The number of amides is 1. The molecule has 0 bridgehead atoms. The molecule has 1 amide bonds. The van der Waals surface area contributed by atoms with Crippen molar-refractivity contribution in [2.24, 2.45) is 0 Å². The second-order valence-electron chi connectivity index (χ2n) is 8.25. The quantitative estimate of drug-likeness (QED) is 0.328. The van der Waals surface area contributed by atoms with E-state index in [1.54, 1.807) is 22.7 Å². The molecule has 0 saturated carbocycles. The SMILES string of the molecule is C[C@@H](NC(=O)c1cn2cc(-c3ccc(Cl)cc3)sc2n1)[C@](O)(Cn1cncn1)c1ccc(F)cc1F. The van der Waals surface area contributed by atoms with Crippen LogP contribution in [0, 0.1) is 11.6 Å². The molecule has 3 aromatic heterocycles. The highest BCUT2D eigenvalue weighted by Crippen LogP contribution is 2.31. The minimum Gasteiger partial charge on any atom is -0.381 e. The number of halogens is 3. The van der Waals surface area contributed by atoms with Crippen molar-refractivity contribution in [1.29, 1.82) is 0 Å². The van der Waals surface area contributed by atoms with Crippen LogP contribution in [-0.4, -0.2) is 41.2 Å². The number of carbonyl (C=O) groups excluding carboxylic acids is 1. The summed E-state index contributed by atoms with van der Waals surface area (Å²) in [5.41, 5.74) is -1.07. The van der Waals surface area contributed by atoms with Gasteiger partial charge in [-0.05, 0) is 30.7 Å². The summed E-state index contributed by atoms with van der Waals surface area (Å²) in [7, 11) is 0. The molecule has 12 heteroatoms. The van der Waals surface area contributed by atoms with Gasteiger partial charge in [0.15, 0.2) is 4.96 Å². The van der Waals surface area contributed by atoms with Gasteiger partial charge >= 0.3 is 0 Å². The van der Waals surface area contributed by atoms with Gasteiger partial charge in [-0.15, -0.1) is 0 Å². The molecule has 2 aromatic carbocycles. The van der Waals surface area contributed by atoms with Crippen LogP contribution in [0.5, 0.6) is 0 Å². The maximum absolute atomic E-state index is 14.7. The molecular formula is C24H19ClF2N6O2S. The van der Waals surface area contributed by atoms with E-state index in [9.17, 15) is 18.7 Å². The van der Waals surface area contributed by atoms with Gasteiger partial charge in [0.2, 0.25) is 0 Å². The van der Waals surface area contributed by atoms with Crippen LogP contribution in [-0.2, 0) is 12.1 Å². The Morgan fingerprint density at radius 3 is 2.67 bits per heavy atom. The van der Waals surface area contributed by atoms with Crippen LogP contribution < -0.4 is 5.32 Å². The number of nitrogens with one attached hydrogen (secondary N) is 1. The molecule has 5 rings (SSSR count). The molecule has 0 aliphatic heterocycles. The van der Waals surface area contributed by atoms with Gasteiger partial charge in [-0.1, -0.05) is 41.1 Å². The Morgan fingerprint density at radius 2 is 2.00 bits per heavy atom. The number of hydrogen-bond acceptors (Lipinski definition) is 6. The highest BCUT2D eigenvalue weighted by molar-refractivity contribution is 7.20. The van der Waals surface area contributed by atoms with Crippen LogP contribution in [0.2, 0.25) is 5.02 Å². The van der Waals surface area contributed by atoms with Gasteiger partial charge in [-0.3, -0.25) is 9.20 Å². The number of thiazole rings is 1. The molecule has 0 aliphatic carbocycles. The van der Waals surface area contributed by atoms with Gasteiger partial charge in [0, 0.05) is 29.0 Å². The van der Waals surface area contributed by atoms with Crippen LogP contribution in [0.15, 0.2) is 67.5 Å². The Labute approximate surface area is 212 Å². The summed E-state index contributed by atoms with van der Waals surface area (Å²) in [6.45, 7) is 1.29. The Bertz CT molecular complexity index is 1500. The fourth-order valence-corrected chi connectivity index (χ4v) is 5.00. The largest absolute Gasteiger partial charge is 0.381 e. The average molecular weight is 529 g/mol. The lowest BCUT2D eigenvalue weighted by molar-refractivity contribution is -0.0186. The average Bonchev–Trinajstić information content (AvgIpc) is 3.56. The third kappa shape index (κ3) is 4.60. The van der Waals surface area contributed by atoms with E-state index in [-0.39, 0.29) is 17.8 Å². The number of imidazole rings is 1. The summed E-state index contributed by atoms with van der Waals surface area (Å²) in [5.74, 6) is -2.30. The second kappa shape index (κ2) is 9.41. The predicted octanol–water partition coefficient (Wildman–Crippen LogP) is 4.29. The Hall–Kier alpha value is -3.67. The van der Waals surface area contributed by atoms with Gasteiger partial charge in [0.05, 0.1) is 17.5 Å². The van der Waals surface area contributed by atoms with Crippen molar-refractivity contribution in [3.8, 4) is 10.4 Å². The van der Waals surface area contributed by atoms with Crippen molar-refractivity contribution < 1.29 is 18.7 Å². The number of fused-ring (bicyclic) bond motifs is 1. The lowest BCUT2D eigenvalue weighted by atomic mass is 9.86. The molecule has 0 aliphatic rings. The number of aromatic nitrogens is 5. The molecule has 0 saturated heterocycles. The summed E-state index contributed by atoms with van der Waals surface area (Å²) in [4.78, 5) is 22.8. The van der Waals surface area contributed by atoms with Crippen LogP contribution in [0.25, 0.3) is 15.4 Å². The van der Waals surface area contributed by atoms with Crippen LogP contribution in [0.3, 0.4) is 0 Å². The third-order valence-electron chi connectivity index (χ3n) is 5.85. The normalized spacial score (nSPS) is 14.0. The number of benzene rings is 2. The van der Waals surface area contributed by atoms with E-state index in [1.165, 1.54) is 35.6 Å². The number of nitrogens with zero attached hydrogens (tertiary/aromatic N) is 5. The number of aliphatic hydroxyl groups is 1. The van der Waals surface area contributed by atoms with Crippen molar-refractivity contribution in [3.63, 3.8) is 0 Å². The molecule has 36 heavy (non-hydrogen) atoms. The lowest BCUT2D eigenvalue weighted by Crippen LogP contribution is -2.52. The van der Waals surface area contributed by atoms with E-state index < -0.39 is 29.2 Å². The standard InChI is InChI=1S/C24H19ClF2N6O2S/c1-14(24(35,11-33-13-28-12-29-33)18-7-6-17(26)8-19(18)27)30-22(34)20-9-32-10-21(36-23(32)31-20)15-2-4-16(25)5-3-15/h2-10,12-14,35H,11H2,1H3,(H,30,34)/t14-,24-/m1/s1. The monoisotopic (exact) mass is 528 g/mol. The van der Waals surface area contributed by atoms with Gasteiger partial charge in [-0.2, -0.15) is 5.10 Å². The van der Waals surface area contributed by atoms with Crippen molar-refractivity contribution in [1.82, 2.24) is 29.5 Å². The predicted molar refractivity (Wildman–Crippen MR) is 131 cm³/mol. The van der Waals surface area contributed by atoms with E-state index in [0.29, 0.717) is 16.0 Å². The minimum absolute atomic E-state index is 0.124. The zero-order valence-electron chi connectivity index (χ0n) is 18.8. The van der Waals surface area contributed by atoms with Crippen molar-refractivity contribution in [2.45, 2.75) is 25.1 Å². The fourth-order valence-electron chi connectivity index (χ4n) is 3.90. The van der Waals surface area contributed by atoms with Gasteiger partial charge in [0.1, 0.15) is 35.6 Å². The topological polar surface area (TPSA) is 97.3 Å². The first kappa shape index (κ1) is 24.0. The highest BCUT2D eigenvalue weighted by Gasteiger charge is 2.40. The van der Waals surface area contributed by atoms with Crippen LogP contribution in [0.4, 0.5) is 8.78 Å². The maximum atomic E-state index is 14.7. The number of carbonyl (C=O) groups is 1. The maximum Gasteiger partial charge on any atom is 0.271 e. The number of rotatable bonds is 7. The second-order valence-corrected chi connectivity index (χ2v) is 9.70. The molecule has 8 nitrogen and oxygen atoms in total. The van der Waals surface area contributed by atoms with Gasteiger partial charge < -0.3 is 10.4 Å². The lowest BCUT2D eigenvalue weighted by Gasteiger charge is -2.35. The first-order valence-corrected chi connectivity index (χ1v) is 12.0. The summed E-state index contributed by atoms with van der Waals surface area (Å²) in [6, 6.07) is 9.24. The van der Waals surface area contributed by atoms with Crippen molar-refractivity contribution in [2.75, 3.05) is 0 Å². The third-order valence-corrected chi connectivity index (χ3v) is 7.15. The molecule has 0 spiro atoms. The van der Waals surface area contributed by atoms with Crippen molar-refractivity contribution in [3.05, 3.63) is 95.4 Å². The molecular weight excluding hydrogens is 510 g/mol. The van der Waals surface area contributed by atoms with E-state index in [2.05, 4.69) is 20.4 Å². The van der Waals surface area contributed by atoms with Crippen LogP contribution >= 0.6 is 22.9 Å². The zero-order chi connectivity index (χ0) is 25.4. The summed E-state index contributed by atoms with van der Waals surface area (Å²) in [6.07, 6.45) is 6.04. The first-order chi connectivity index (χ1) is 17.2. The molecule has 0 fully saturated rings. The van der Waals surface area contributed by atoms with E-state index in [4.69, 9.17) is 11.6 Å². The molecule has 5 aromatic rings. The molecule has 3 heterocycles. The van der Waals surface area contributed by atoms with Gasteiger partial charge in [-0.25, -0.2) is 23.4 Å². The Balaban J connectivity index is 1.40. The first-order valence-electron chi connectivity index (χ1n) is 10.8. The van der Waals surface area contributed by atoms with E-state index in [1.807, 2.05) is 18.3 Å². The number of hydrogen-bond donors (Lipinski definition) is 2. The Kier molecular flexibility index (Phi) is 6.29. The Morgan fingerprint density at radius 1 is 1.22 bits per heavy atom. The summed E-state index contributed by atoms with van der Waals surface area (Å²) < 4.78 is 31.3. The smallest absolute Gasteiger partial charge is 0.271 e. The molecule has 0 radical (unpaired) electrons. The molecule has 0 unspecified atom stereocenters.